The average molecular weight is 447 g/mol. The van der Waals surface area contributed by atoms with Gasteiger partial charge in [0, 0.05) is 5.56 Å². The van der Waals surface area contributed by atoms with Crippen LogP contribution in [0.3, 0.4) is 0 Å². The van der Waals surface area contributed by atoms with E-state index in [0.29, 0.717) is 11.5 Å². The molecule has 1 aliphatic heterocycles. The van der Waals surface area contributed by atoms with Crippen molar-refractivity contribution in [2.24, 2.45) is 4.99 Å². The first-order valence-electron chi connectivity index (χ1n) is 9.99. The van der Waals surface area contributed by atoms with Crippen molar-refractivity contribution in [3.8, 4) is 17.2 Å². The minimum Gasteiger partial charge on any atom is -0.493 e. The van der Waals surface area contributed by atoms with Gasteiger partial charge in [0.05, 0.1) is 39.2 Å². The summed E-state index contributed by atoms with van der Waals surface area (Å²) in [5.74, 6) is -1.35. The summed E-state index contributed by atoms with van der Waals surface area (Å²) in [6.07, 6.45) is 1.04. The molecule has 0 aromatic heterocycles. The SMILES string of the molecule is CCOC(=O)/C(=C\C(=O)c1cc(OC)c(OC)c(OC)c1)C1(C)N=C(C)C(C)(C)OC1=O. The Bertz CT molecular complexity index is 967. The molecule has 2 rings (SSSR count). The molecule has 0 N–H and O–H groups in total. The monoisotopic (exact) mass is 447 g/mol. The van der Waals surface area contributed by atoms with Gasteiger partial charge in [0.25, 0.3) is 0 Å². The predicted octanol–water partition coefficient (Wildman–Crippen LogP) is 2.94. The number of hydrogen-bond acceptors (Lipinski definition) is 9. The summed E-state index contributed by atoms with van der Waals surface area (Å²) in [6, 6.07) is 2.89. The molecule has 32 heavy (non-hydrogen) atoms. The van der Waals surface area contributed by atoms with Crippen molar-refractivity contribution in [3.63, 3.8) is 0 Å². The molecule has 0 bridgehead atoms. The van der Waals surface area contributed by atoms with Crippen LogP contribution in [0.4, 0.5) is 0 Å². The van der Waals surface area contributed by atoms with Crippen LogP contribution in [0.2, 0.25) is 0 Å². The number of nitrogens with zero attached hydrogens (tertiary/aromatic N) is 1. The Labute approximate surface area is 187 Å². The number of allylic oxidation sites excluding steroid dienone is 1. The summed E-state index contributed by atoms with van der Waals surface area (Å²) in [6.45, 7) is 8.16. The van der Waals surface area contributed by atoms with E-state index < -0.39 is 28.9 Å². The zero-order valence-corrected chi connectivity index (χ0v) is 19.7. The third kappa shape index (κ3) is 4.61. The van der Waals surface area contributed by atoms with E-state index in [1.165, 1.54) is 40.4 Å². The molecular formula is C23H29NO8. The zero-order chi connectivity index (χ0) is 24.3. The quantitative estimate of drug-likeness (QED) is 0.340. The van der Waals surface area contributed by atoms with Gasteiger partial charge in [0.2, 0.25) is 5.75 Å². The van der Waals surface area contributed by atoms with Gasteiger partial charge in [-0.15, -0.1) is 0 Å². The second-order valence-electron chi connectivity index (χ2n) is 7.73. The molecule has 9 heteroatoms. The van der Waals surface area contributed by atoms with Gasteiger partial charge in [-0.1, -0.05) is 0 Å². The van der Waals surface area contributed by atoms with Gasteiger partial charge in [-0.2, -0.15) is 0 Å². The van der Waals surface area contributed by atoms with Crippen molar-refractivity contribution in [2.45, 2.75) is 45.8 Å². The van der Waals surface area contributed by atoms with E-state index in [2.05, 4.69) is 4.99 Å². The number of hydrogen-bond donors (Lipinski definition) is 0. The first-order valence-corrected chi connectivity index (χ1v) is 9.99. The van der Waals surface area contributed by atoms with Gasteiger partial charge in [0.15, 0.2) is 22.8 Å². The Kier molecular flexibility index (Phi) is 7.33. The van der Waals surface area contributed by atoms with Crippen LogP contribution in [0.15, 0.2) is 28.8 Å². The third-order valence-electron chi connectivity index (χ3n) is 5.25. The number of ketones is 1. The first kappa shape index (κ1) is 24.9. The molecule has 1 aromatic rings. The molecule has 0 fully saturated rings. The fraction of sp³-hybridized carbons (Fsp3) is 0.478. The molecular weight excluding hydrogens is 418 g/mol. The third-order valence-corrected chi connectivity index (χ3v) is 5.25. The number of cyclic esters (lactones) is 1. The van der Waals surface area contributed by atoms with Gasteiger partial charge in [-0.25, -0.2) is 9.59 Å². The topological polar surface area (TPSA) is 110 Å². The lowest BCUT2D eigenvalue weighted by molar-refractivity contribution is -0.159. The Balaban J connectivity index is 2.66. The molecule has 0 aliphatic carbocycles. The van der Waals surface area contributed by atoms with E-state index in [1.807, 2.05) is 0 Å². The molecule has 0 saturated heterocycles. The van der Waals surface area contributed by atoms with Crippen molar-refractivity contribution in [2.75, 3.05) is 27.9 Å². The van der Waals surface area contributed by atoms with E-state index in [1.54, 1.807) is 27.7 Å². The summed E-state index contributed by atoms with van der Waals surface area (Å²) < 4.78 is 26.5. The van der Waals surface area contributed by atoms with E-state index in [0.717, 1.165) is 6.08 Å². The molecule has 1 aliphatic rings. The highest BCUT2D eigenvalue weighted by atomic mass is 16.6. The molecule has 9 nitrogen and oxygen atoms in total. The van der Waals surface area contributed by atoms with E-state index >= 15 is 0 Å². The van der Waals surface area contributed by atoms with Gasteiger partial charge >= 0.3 is 11.9 Å². The molecule has 0 radical (unpaired) electrons. The Morgan fingerprint density at radius 2 is 1.62 bits per heavy atom. The molecule has 1 heterocycles. The summed E-state index contributed by atoms with van der Waals surface area (Å²) in [5, 5.41) is 0. The fourth-order valence-corrected chi connectivity index (χ4v) is 3.14. The second-order valence-corrected chi connectivity index (χ2v) is 7.73. The minimum atomic E-state index is -1.75. The average Bonchev–Trinajstić information content (AvgIpc) is 2.74. The summed E-state index contributed by atoms with van der Waals surface area (Å²) in [7, 11) is 4.28. The van der Waals surface area contributed by atoms with Gasteiger partial charge < -0.3 is 23.7 Å². The van der Waals surface area contributed by atoms with Crippen LogP contribution in [0.5, 0.6) is 17.2 Å². The summed E-state index contributed by atoms with van der Waals surface area (Å²) in [5.41, 5.74) is -2.28. The lowest BCUT2D eigenvalue weighted by atomic mass is 9.87. The predicted molar refractivity (Wildman–Crippen MR) is 117 cm³/mol. The maximum Gasteiger partial charge on any atom is 0.339 e. The molecule has 174 valence electrons. The van der Waals surface area contributed by atoms with Crippen molar-refractivity contribution in [3.05, 3.63) is 29.3 Å². The van der Waals surface area contributed by atoms with Crippen LogP contribution < -0.4 is 14.2 Å². The van der Waals surface area contributed by atoms with Crippen LogP contribution in [0, 0.1) is 0 Å². The van der Waals surface area contributed by atoms with Gasteiger partial charge in [-0.3, -0.25) is 9.79 Å². The highest BCUT2D eigenvalue weighted by molar-refractivity contribution is 6.13. The molecule has 0 amide bonds. The van der Waals surface area contributed by atoms with Crippen LogP contribution in [0.1, 0.15) is 45.0 Å². The van der Waals surface area contributed by atoms with Crippen molar-refractivity contribution >= 4 is 23.4 Å². The number of esters is 2. The van der Waals surface area contributed by atoms with Crippen molar-refractivity contribution < 1.29 is 38.1 Å². The van der Waals surface area contributed by atoms with Crippen molar-refractivity contribution in [1.82, 2.24) is 0 Å². The van der Waals surface area contributed by atoms with Crippen LogP contribution >= 0.6 is 0 Å². The standard InChI is InChI=1S/C23H29NO8/c1-9-31-20(26)15(23(5)21(27)32-22(3,4)13(2)24-23)12-16(25)14-10-17(28-6)19(30-8)18(11-14)29-7/h10-12H,9H2,1-8H3/b15-12+. The zero-order valence-electron chi connectivity index (χ0n) is 19.7. The second kappa shape index (κ2) is 9.42. The molecule has 1 aromatic carbocycles. The molecule has 0 spiro atoms. The van der Waals surface area contributed by atoms with Crippen LogP contribution in [-0.4, -0.2) is 62.5 Å². The largest absolute Gasteiger partial charge is 0.493 e. The highest BCUT2D eigenvalue weighted by Crippen LogP contribution is 2.39. The van der Waals surface area contributed by atoms with E-state index in [9.17, 15) is 14.4 Å². The Morgan fingerprint density at radius 1 is 1.06 bits per heavy atom. The Morgan fingerprint density at radius 3 is 2.09 bits per heavy atom. The fourth-order valence-electron chi connectivity index (χ4n) is 3.14. The number of rotatable bonds is 8. The van der Waals surface area contributed by atoms with Crippen LogP contribution in [0.25, 0.3) is 0 Å². The van der Waals surface area contributed by atoms with E-state index in [-0.39, 0.29) is 29.2 Å². The molecule has 1 unspecified atom stereocenters. The normalized spacial score (nSPS) is 20.1. The minimum absolute atomic E-state index is 0.0495. The molecule has 1 atom stereocenters. The van der Waals surface area contributed by atoms with Gasteiger partial charge in [0.1, 0.15) is 5.60 Å². The maximum atomic E-state index is 13.2. The number of benzene rings is 1. The number of carbonyl (C=O) groups excluding carboxylic acids is 3. The lowest BCUT2D eigenvalue weighted by Crippen LogP contribution is -2.52. The Hall–Kier alpha value is -3.36. The lowest BCUT2D eigenvalue weighted by Gasteiger charge is -2.37. The smallest absolute Gasteiger partial charge is 0.339 e. The number of methoxy groups -OCH3 is 3. The maximum absolute atomic E-state index is 13.2. The van der Waals surface area contributed by atoms with Crippen LogP contribution in [-0.2, 0) is 19.1 Å². The van der Waals surface area contributed by atoms with E-state index in [4.69, 9.17) is 23.7 Å². The number of carbonyl (C=O) groups is 3. The number of ether oxygens (including phenoxy) is 5. The highest BCUT2D eigenvalue weighted by Gasteiger charge is 2.49. The summed E-state index contributed by atoms with van der Waals surface area (Å²) >= 11 is 0. The van der Waals surface area contributed by atoms with Crippen molar-refractivity contribution in [1.29, 1.82) is 0 Å². The van der Waals surface area contributed by atoms with Gasteiger partial charge in [-0.05, 0) is 52.8 Å². The molecule has 0 saturated carbocycles. The number of aliphatic imine (C=N–C) groups is 1. The summed E-state index contributed by atoms with van der Waals surface area (Å²) in [4.78, 5) is 43.3. The first-order chi connectivity index (χ1) is 14.9.